The van der Waals surface area contributed by atoms with E-state index in [-0.39, 0.29) is 0 Å². The van der Waals surface area contributed by atoms with Gasteiger partial charge < -0.3 is 37.9 Å². The third kappa shape index (κ3) is 8.66. The molecule has 7 aromatic rings. The molecule has 0 N–H and O–H groups in total. The monoisotopic (exact) mass is 844 g/mol. The Kier molecular flexibility index (Phi) is 12.7. The molecule has 5 aromatic carbocycles. The highest BCUT2D eigenvalue weighted by Crippen LogP contribution is 2.43. The molecule has 10 aliphatic carbocycles. The van der Waals surface area contributed by atoms with E-state index in [4.69, 9.17) is 37.9 Å². The van der Waals surface area contributed by atoms with E-state index in [1.54, 1.807) is 56.9 Å². The molecule has 10 aliphatic rings. The highest BCUT2D eigenvalue weighted by atomic mass is 16.5. The van der Waals surface area contributed by atoms with Gasteiger partial charge in [0.2, 0.25) is 0 Å². The smallest absolute Gasteiger partial charge is 0.122 e. The van der Waals surface area contributed by atoms with E-state index >= 15 is 0 Å². The van der Waals surface area contributed by atoms with Crippen LogP contribution in [0, 0.1) is 0 Å². The summed E-state index contributed by atoms with van der Waals surface area (Å²) in [6, 6.07) is 29.3. The Morgan fingerprint density at radius 3 is 0.651 bits per heavy atom. The summed E-state index contributed by atoms with van der Waals surface area (Å²) in [5, 5.41) is 0. The van der Waals surface area contributed by atoms with Crippen LogP contribution in [0.3, 0.4) is 0 Å². The molecule has 0 amide bonds. The number of rotatable bonds is 10. The summed E-state index contributed by atoms with van der Waals surface area (Å²) < 4.78 is 48.8. The van der Waals surface area contributed by atoms with Gasteiger partial charge in [-0.2, -0.15) is 0 Å². The van der Waals surface area contributed by atoms with Crippen molar-refractivity contribution in [3.8, 4) is 68.2 Å². The number of benzene rings is 5. The predicted octanol–water partition coefficient (Wildman–Crippen LogP) is 10.1. The summed E-state index contributed by atoms with van der Waals surface area (Å²) in [4.78, 5) is 8.72. The van der Waals surface area contributed by atoms with E-state index < -0.39 is 0 Å². The number of nitrogens with zero attached hydrogens (tertiary/aromatic N) is 2. The van der Waals surface area contributed by atoms with E-state index in [0.717, 1.165) is 124 Å². The molecular formula is C53H52N2O8. The van der Waals surface area contributed by atoms with Crippen molar-refractivity contribution >= 4 is 0 Å². The molecule has 0 saturated heterocycles. The number of methoxy groups -OCH3 is 8. The third-order valence-electron chi connectivity index (χ3n) is 12.0. The number of aromatic nitrogens is 2. The minimum Gasteiger partial charge on any atom is -0.496 e. The van der Waals surface area contributed by atoms with Crippen LogP contribution in [0.4, 0.5) is 0 Å². The number of ether oxygens (including phenoxy) is 8. The summed E-state index contributed by atoms with van der Waals surface area (Å²) >= 11 is 0. The molecule has 17 rings (SSSR count). The Labute approximate surface area is 369 Å². The fraction of sp³-hybridized carbons (Fsp3) is 0.245. The number of hydrogen-bond donors (Lipinski definition) is 0. The van der Waals surface area contributed by atoms with Crippen LogP contribution in [0.15, 0.2) is 110 Å². The molecule has 0 spiro atoms. The van der Waals surface area contributed by atoms with E-state index in [1.165, 1.54) is 0 Å². The highest BCUT2D eigenvalue weighted by Gasteiger charge is 2.23. The van der Waals surface area contributed by atoms with E-state index in [2.05, 4.69) is 46.4 Å². The van der Waals surface area contributed by atoms with Crippen LogP contribution < -0.4 is 37.9 Å². The molecule has 0 aliphatic heterocycles. The lowest BCUT2D eigenvalue weighted by Gasteiger charge is -2.21. The molecule has 2 aromatic heterocycles. The van der Waals surface area contributed by atoms with Gasteiger partial charge in [-0.1, -0.05) is 0 Å². The molecule has 0 fully saturated rings. The summed E-state index contributed by atoms with van der Waals surface area (Å²) in [6.45, 7) is 0. The van der Waals surface area contributed by atoms with Crippen LogP contribution in [-0.2, 0) is 32.1 Å². The Morgan fingerprint density at radius 2 is 0.460 bits per heavy atom. The summed E-state index contributed by atoms with van der Waals surface area (Å²) in [5.41, 5.74) is 14.0. The minimum absolute atomic E-state index is 0.500. The van der Waals surface area contributed by atoms with Crippen LogP contribution >= 0.6 is 0 Å². The van der Waals surface area contributed by atoms with Gasteiger partial charge >= 0.3 is 0 Å². The van der Waals surface area contributed by atoms with Crippen LogP contribution in [-0.4, -0.2) is 66.8 Å². The lowest BCUT2D eigenvalue weighted by molar-refractivity contribution is 0.389. The van der Waals surface area contributed by atoms with Crippen molar-refractivity contribution in [1.82, 2.24) is 9.97 Å². The Balaban J connectivity index is 1.41. The molecule has 2 heterocycles. The maximum atomic E-state index is 6.17. The first-order chi connectivity index (χ1) is 30.8. The van der Waals surface area contributed by atoms with Crippen molar-refractivity contribution in [2.75, 3.05) is 56.9 Å². The second-order valence-corrected chi connectivity index (χ2v) is 15.4. The molecule has 10 heteroatoms. The van der Waals surface area contributed by atoms with E-state index in [0.29, 0.717) is 32.1 Å². The molecular weight excluding hydrogens is 793 g/mol. The minimum atomic E-state index is 0.500. The van der Waals surface area contributed by atoms with Gasteiger partial charge in [0.15, 0.2) is 0 Å². The van der Waals surface area contributed by atoms with Gasteiger partial charge in [0.1, 0.15) is 46.0 Å². The molecule has 0 atom stereocenters. The zero-order chi connectivity index (χ0) is 44.0. The van der Waals surface area contributed by atoms with Crippen LogP contribution in [0.5, 0.6) is 46.0 Å². The van der Waals surface area contributed by atoms with Crippen LogP contribution in [0.2, 0.25) is 0 Å². The average molecular weight is 845 g/mol. The summed E-state index contributed by atoms with van der Waals surface area (Å²) in [6.07, 6.45) is 9.93. The largest absolute Gasteiger partial charge is 0.496 e. The van der Waals surface area contributed by atoms with Crippen LogP contribution in [0.1, 0.15) is 55.6 Å². The lowest BCUT2D eigenvalue weighted by Crippen LogP contribution is -2.04. The SMILES string of the molecule is COc1cc2c(OC)cc1Cc1cc(OC)c(cc1OC)Cc1cc(OC)c(cc1OC)Cc1cc(-c3ccncc3)c(cc1-c1ccncc1)Cc1cc(OC)c(cc1OC)C2. The maximum Gasteiger partial charge on any atom is 0.122 e. The van der Waals surface area contributed by atoms with Crippen molar-refractivity contribution in [2.45, 2.75) is 32.1 Å². The first-order valence-electron chi connectivity index (χ1n) is 20.7. The standard InChI is InChI=1S/C53H52N2O8/c1-56-46-26-38-19-40-28-52(62-7)42(30-50(40)60-5)21-43-31-51(61-6)41(29-53(43)63-8)20-39-27-47(57-2)37(25-49(39)59-4)18-35-23-44(32-9-13-54-14-10-32)34(17-36(46)24-48(38)58-3)22-45(35)33-11-15-55-16-12-33/h9-16,22-31H,17-21H2,1-8H3. The van der Waals surface area contributed by atoms with Gasteiger partial charge in [-0.3, -0.25) is 9.97 Å². The topological polar surface area (TPSA) is 99.6 Å². The third-order valence-corrected chi connectivity index (χ3v) is 12.0. The van der Waals surface area contributed by atoms with Crippen molar-refractivity contribution in [3.63, 3.8) is 0 Å². The fourth-order valence-corrected chi connectivity index (χ4v) is 8.81. The Morgan fingerprint density at radius 1 is 0.270 bits per heavy atom. The highest BCUT2D eigenvalue weighted by molar-refractivity contribution is 5.78. The zero-order valence-electron chi connectivity index (χ0n) is 37.1. The van der Waals surface area contributed by atoms with Gasteiger partial charge in [-0.25, -0.2) is 0 Å². The van der Waals surface area contributed by atoms with Gasteiger partial charge in [-0.15, -0.1) is 0 Å². The molecule has 10 bridgehead atoms. The Hall–Kier alpha value is -7.20. The molecule has 0 saturated carbocycles. The number of pyridine rings is 2. The first-order valence-corrected chi connectivity index (χ1v) is 20.7. The van der Waals surface area contributed by atoms with Gasteiger partial charge in [0.05, 0.1) is 56.9 Å². The summed E-state index contributed by atoms with van der Waals surface area (Å²) in [5.74, 6) is 5.85. The molecule has 0 radical (unpaired) electrons. The zero-order valence-corrected chi connectivity index (χ0v) is 37.1. The van der Waals surface area contributed by atoms with Gasteiger partial charge in [-0.05, 0) is 118 Å². The van der Waals surface area contributed by atoms with Crippen molar-refractivity contribution in [2.24, 2.45) is 0 Å². The second kappa shape index (κ2) is 18.8. The van der Waals surface area contributed by atoms with E-state index in [1.807, 2.05) is 73.3 Å². The quantitative estimate of drug-likeness (QED) is 0.132. The fourth-order valence-electron chi connectivity index (χ4n) is 8.81. The molecule has 322 valence electrons. The summed E-state index contributed by atoms with van der Waals surface area (Å²) in [7, 11) is 13.6. The van der Waals surface area contributed by atoms with Crippen molar-refractivity contribution < 1.29 is 37.9 Å². The lowest BCUT2D eigenvalue weighted by atomic mass is 9.86. The molecule has 63 heavy (non-hydrogen) atoms. The van der Waals surface area contributed by atoms with Gasteiger partial charge in [0, 0.05) is 101 Å². The predicted molar refractivity (Wildman–Crippen MR) is 245 cm³/mol. The average Bonchev–Trinajstić information content (AvgIpc) is 3.32. The maximum absolute atomic E-state index is 6.17. The molecule has 10 nitrogen and oxygen atoms in total. The normalized spacial score (nSPS) is 12.1. The number of hydrogen-bond acceptors (Lipinski definition) is 10. The van der Waals surface area contributed by atoms with Crippen molar-refractivity contribution in [1.29, 1.82) is 0 Å². The Bertz CT molecular complexity index is 2570. The molecule has 0 unspecified atom stereocenters. The van der Waals surface area contributed by atoms with Crippen molar-refractivity contribution in [3.05, 3.63) is 165 Å². The first kappa shape index (κ1) is 42.5. The van der Waals surface area contributed by atoms with Crippen LogP contribution in [0.25, 0.3) is 22.3 Å². The van der Waals surface area contributed by atoms with E-state index in [9.17, 15) is 0 Å². The second-order valence-electron chi connectivity index (χ2n) is 15.4. The van der Waals surface area contributed by atoms with Gasteiger partial charge in [0.25, 0.3) is 0 Å².